The highest BCUT2D eigenvalue weighted by molar-refractivity contribution is 5.77. The summed E-state index contributed by atoms with van der Waals surface area (Å²) in [6, 6.07) is 14.6. The Hall–Kier alpha value is -3.15. The number of H-pyrrole nitrogens is 1. The topological polar surface area (TPSA) is 81.3 Å². The highest BCUT2D eigenvalue weighted by Gasteiger charge is 2.16. The van der Waals surface area contributed by atoms with Gasteiger partial charge >= 0.3 is 5.97 Å². The fourth-order valence-corrected chi connectivity index (χ4v) is 2.68. The van der Waals surface area contributed by atoms with Gasteiger partial charge in [0.25, 0.3) is 5.56 Å². The van der Waals surface area contributed by atoms with E-state index in [-0.39, 0.29) is 12.2 Å². The summed E-state index contributed by atoms with van der Waals surface area (Å²) < 4.78 is 10.8. The molecule has 0 spiro atoms. The molecule has 0 unspecified atom stereocenters. The lowest BCUT2D eigenvalue weighted by Gasteiger charge is -2.14. The minimum atomic E-state index is -0.693. The summed E-state index contributed by atoms with van der Waals surface area (Å²) >= 11 is 0. The molecule has 3 rings (SSSR count). The first-order chi connectivity index (χ1) is 12.9. The van der Waals surface area contributed by atoms with Crippen molar-refractivity contribution in [3.8, 4) is 5.75 Å². The maximum atomic E-state index is 12.1. The number of nitrogens with one attached hydrogen (secondary N) is 1. The number of benzene rings is 2. The second-order valence-corrected chi connectivity index (χ2v) is 6.61. The van der Waals surface area contributed by atoms with Crippen molar-refractivity contribution in [3.63, 3.8) is 0 Å². The van der Waals surface area contributed by atoms with E-state index in [2.05, 4.69) is 23.8 Å². The molecule has 0 aliphatic carbocycles. The molecule has 0 amide bonds. The standard InChI is InChI=1S/C21H22N2O4/c1-13(2)15-8-10-16(11-9-15)26-12-19(24)27-14(3)20-22-18-7-5-4-6-17(18)21(25)23-20/h4-11,13-14H,12H2,1-3H3,(H,22,23,25)/t14-/m1/s1. The second-order valence-electron chi connectivity index (χ2n) is 6.61. The van der Waals surface area contributed by atoms with Gasteiger partial charge in [-0.1, -0.05) is 38.1 Å². The van der Waals surface area contributed by atoms with E-state index >= 15 is 0 Å². The fraction of sp³-hybridized carbons (Fsp3) is 0.286. The monoisotopic (exact) mass is 366 g/mol. The van der Waals surface area contributed by atoms with Crippen LogP contribution in [0.3, 0.4) is 0 Å². The average Bonchev–Trinajstić information content (AvgIpc) is 2.66. The van der Waals surface area contributed by atoms with Crippen LogP contribution in [-0.2, 0) is 9.53 Å². The van der Waals surface area contributed by atoms with Crippen molar-refractivity contribution in [2.24, 2.45) is 0 Å². The molecule has 0 bridgehead atoms. The maximum Gasteiger partial charge on any atom is 0.344 e. The van der Waals surface area contributed by atoms with Crippen molar-refractivity contribution in [2.75, 3.05) is 6.61 Å². The molecule has 1 N–H and O–H groups in total. The molecule has 6 heteroatoms. The maximum absolute atomic E-state index is 12.1. The summed E-state index contributed by atoms with van der Waals surface area (Å²) in [7, 11) is 0. The third-order valence-electron chi connectivity index (χ3n) is 4.23. The summed E-state index contributed by atoms with van der Waals surface area (Å²) in [4.78, 5) is 31.2. The molecule has 140 valence electrons. The Kier molecular flexibility index (Phi) is 5.54. The molecule has 1 heterocycles. The molecule has 0 fully saturated rings. The number of esters is 1. The summed E-state index contributed by atoms with van der Waals surface area (Å²) in [5.74, 6) is 0.794. The van der Waals surface area contributed by atoms with E-state index in [0.717, 1.165) is 0 Å². The zero-order valence-corrected chi connectivity index (χ0v) is 15.6. The Morgan fingerprint density at radius 1 is 1.07 bits per heavy atom. The van der Waals surface area contributed by atoms with Crippen molar-refractivity contribution >= 4 is 16.9 Å². The smallest absolute Gasteiger partial charge is 0.344 e. The van der Waals surface area contributed by atoms with Crippen LogP contribution in [0.1, 0.15) is 44.2 Å². The SMILES string of the molecule is CC(C)c1ccc(OCC(=O)O[C@H](C)c2nc3ccccc3c(=O)[nH]2)cc1. The van der Waals surface area contributed by atoms with E-state index < -0.39 is 12.1 Å². The lowest BCUT2D eigenvalue weighted by atomic mass is 10.0. The minimum Gasteiger partial charge on any atom is -0.482 e. The Bertz CT molecular complexity index is 993. The van der Waals surface area contributed by atoms with Crippen LogP contribution in [0.15, 0.2) is 53.3 Å². The van der Waals surface area contributed by atoms with Gasteiger partial charge in [0.1, 0.15) is 5.75 Å². The van der Waals surface area contributed by atoms with Crippen LogP contribution in [-0.4, -0.2) is 22.5 Å². The van der Waals surface area contributed by atoms with Gasteiger partial charge in [-0.2, -0.15) is 0 Å². The highest BCUT2D eigenvalue weighted by atomic mass is 16.6. The van der Waals surface area contributed by atoms with Gasteiger partial charge in [-0.15, -0.1) is 0 Å². The molecule has 0 saturated heterocycles. The number of ether oxygens (including phenoxy) is 2. The number of rotatable bonds is 6. The molecular formula is C21H22N2O4. The predicted molar refractivity (Wildman–Crippen MR) is 103 cm³/mol. The van der Waals surface area contributed by atoms with E-state index in [0.29, 0.717) is 28.4 Å². The molecule has 6 nitrogen and oxygen atoms in total. The Balaban J connectivity index is 1.61. The Morgan fingerprint density at radius 2 is 1.78 bits per heavy atom. The number of hydrogen-bond acceptors (Lipinski definition) is 5. The molecule has 0 saturated carbocycles. The van der Waals surface area contributed by atoms with Crippen LogP contribution in [0.5, 0.6) is 5.75 Å². The average molecular weight is 366 g/mol. The van der Waals surface area contributed by atoms with Gasteiger partial charge < -0.3 is 14.5 Å². The number of carbonyl (C=O) groups is 1. The number of hydrogen-bond donors (Lipinski definition) is 1. The highest BCUT2D eigenvalue weighted by Crippen LogP contribution is 2.19. The van der Waals surface area contributed by atoms with Crippen molar-refractivity contribution in [2.45, 2.75) is 32.8 Å². The summed E-state index contributed by atoms with van der Waals surface area (Å²) in [5.41, 5.74) is 1.49. The van der Waals surface area contributed by atoms with Gasteiger partial charge in [0.2, 0.25) is 0 Å². The van der Waals surface area contributed by atoms with Gasteiger partial charge in [0.15, 0.2) is 18.5 Å². The van der Waals surface area contributed by atoms with Crippen LogP contribution < -0.4 is 10.3 Å². The van der Waals surface area contributed by atoms with Crippen LogP contribution in [0.4, 0.5) is 0 Å². The minimum absolute atomic E-state index is 0.219. The van der Waals surface area contributed by atoms with Gasteiger partial charge in [-0.05, 0) is 42.7 Å². The van der Waals surface area contributed by atoms with E-state index in [1.807, 2.05) is 24.3 Å². The third-order valence-corrected chi connectivity index (χ3v) is 4.23. The largest absolute Gasteiger partial charge is 0.482 e. The van der Waals surface area contributed by atoms with E-state index in [1.165, 1.54) is 5.56 Å². The molecule has 2 aromatic carbocycles. The Morgan fingerprint density at radius 3 is 2.48 bits per heavy atom. The summed E-state index contributed by atoms with van der Waals surface area (Å²) in [6.07, 6.45) is -0.693. The first-order valence-electron chi connectivity index (χ1n) is 8.85. The van der Waals surface area contributed by atoms with Gasteiger partial charge in [0, 0.05) is 0 Å². The number of aromatic nitrogens is 2. The van der Waals surface area contributed by atoms with E-state index in [1.54, 1.807) is 31.2 Å². The van der Waals surface area contributed by atoms with Crippen LogP contribution >= 0.6 is 0 Å². The normalized spacial score (nSPS) is 12.1. The van der Waals surface area contributed by atoms with Gasteiger partial charge in [-0.3, -0.25) is 4.79 Å². The number of nitrogens with zero attached hydrogens (tertiary/aromatic N) is 1. The molecule has 1 aromatic heterocycles. The van der Waals surface area contributed by atoms with Crippen molar-refractivity contribution in [1.82, 2.24) is 9.97 Å². The number of para-hydroxylation sites is 1. The molecule has 27 heavy (non-hydrogen) atoms. The Labute approximate surface area is 157 Å². The second kappa shape index (κ2) is 8.03. The third kappa shape index (κ3) is 4.53. The number of fused-ring (bicyclic) bond motifs is 1. The van der Waals surface area contributed by atoms with Crippen LogP contribution in [0.25, 0.3) is 10.9 Å². The lowest BCUT2D eigenvalue weighted by Crippen LogP contribution is -2.20. The van der Waals surface area contributed by atoms with Gasteiger partial charge in [-0.25, -0.2) is 9.78 Å². The molecule has 0 radical (unpaired) electrons. The van der Waals surface area contributed by atoms with Crippen molar-refractivity contribution in [1.29, 1.82) is 0 Å². The van der Waals surface area contributed by atoms with Crippen LogP contribution in [0.2, 0.25) is 0 Å². The first kappa shape index (κ1) is 18.6. The quantitative estimate of drug-likeness (QED) is 0.672. The van der Waals surface area contributed by atoms with Crippen molar-refractivity contribution < 1.29 is 14.3 Å². The zero-order valence-electron chi connectivity index (χ0n) is 15.6. The molecule has 0 aliphatic rings. The zero-order chi connectivity index (χ0) is 19.4. The van der Waals surface area contributed by atoms with Crippen LogP contribution in [0, 0.1) is 0 Å². The molecule has 1 atom stereocenters. The lowest BCUT2D eigenvalue weighted by molar-refractivity contribution is -0.151. The molecule has 3 aromatic rings. The number of aromatic amines is 1. The first-order valence-corrected chi connectivity index (χ1v) is 8.85. The molecular weight excluding hydrogens is 344 g/mol. The van der Waals surface area contributed by atoms with Crippen molar-refractivity contribution in [3.05, 3.63) is 70.3 Å². The summed E-state index contributed by atoms with van der Waals surface area (Å²) in [5, 5.41) is 0.493. The predicted octanol–water partition coefficient (Wildman–Crippen LogP) is 3.73. The molecule has 0 aliphatic heterocycles. The van der Waals surface area contributed by atoms with E-state index in [4.69, 9.17) is 9.47 Å². The number of carbonyl (C=O) groups excluding carboxylic acids is 1. The van der Waals surface area contributed by atoms with Gasteiger partial charge in [0.05, 0.1) is 10.9 Å². The fourth-order valence-electron chi connectivity index (χ4n) is 2.68. The van der Waals surface area contributed by atoms with E-state index in [9.17, 15) is 9.59 Å². The summed E-state index contributed by atoms with van der Waals surface area (Å²) in [6.45, 7) is 5.66.